The predicted octanol–water partition coefficient (Wildman–Crippen LogP) is -1.10. The Hall–Kier alpha value is -1.42. The van der Waals surface area contributed by atoms with Crippen molar-refractivity contribution in [3.8, 4) is 0 Å². The number of primary amides is 2. The van der Waals surface area contributed by atoms with Gasteiger partial charge in [-0.2, -0.15) is 13.5 Å². The van der Waals surface area contributed by atoms with Crippen molar-refractivity contribution in [1.82, 2.24) is 4.90 Å². The molecule has 1 aliphatic heterocycles. The molecule has 0 aromatic carbocycles. The van der Waals surface area contributed by atoms with Crippen LogP contribution in [-0.4, -0.2) is 54.1 Å². The molecule has 3 amide bonds. The maximum absolute atomic E-state index is 12.4. The molecule has 2 aliphatic rings. The summed E-state index contributed by atoms with van der Waals surface area (Å²) >= 11 is 0. The van der Waals surface area contributed by atoms with Crippen LogP contribution in [-0.2, 0) is 14.4 Å². The molecule has 129 valence electrons. The van der Waals surface area contributed by atoms with Crippen LogP contribution in [0.5, 0.6) is 0 Å². The Bertz CT molecular complexity index is 457. The second-order valence-corrected chi connectivity index (χ2v) is 5.87. The summed E-state index contributed by atoms with van der Waals surface area (Å²) in [6, 6.07) is -0.757. The van der Waals surface area contributed by atoms with E-state index in [-0.39, 0.29) is 38.3 Å². The number of aliphatic hydroxyl groups excluding tert-OH is 1. The van der Waals surface area contributed by atoms with Gasteiger partial charge in [0.25, 0.3) is 0 Å². The van der Waals surface area contributed by atoms with E-state index in [1.807, 2.05) is 0 Å². The molecule has 0 bridgehead atoms. The number of aliphatic hydroxyl groups is 1. The fraction of sp³-hybridized carbons (Fsp3) is 0.769. The van der Waals surface area contributed by atoms with E-state index in [0.717, 1.165) is 0 Å². The first-order chi connectivity index (χ1) is 10.4. The van der Waals surface area contributed by atoms with Crippen LogP contribution in [0.1, 0.15) is 38.5 Å². The predicted molar refractivity (Wildman–Crippen MR) is 88.9 cm³/mol. The van der Waals surface area contributed by atoms with Crippen LogP contribution in [0.4, 0.5) is 0 Å². The number of carbonyl (C=O) groups is 3. The number of rotatable bonds is 5. The monoisotopic (exact) mass is 343 g/mol. The summed E-state index contributed by atoms with van der Waals surface area (Å²) in [6.07, 6.45) is 2.39. The van der Waals surface area contributed by atoms with Crippen LogP contribution < -0.4 is 11.5 Å². The van der Waals surface area contributed by atoms with E-state index >= 15 is 0 Å². The Balaban J connectivity index is 0.00000155. The van der Waals surface area contributed by atoms with Crippen molar-refractivity contribution in [3.05, 3.63) is 0 Å². The number of carbonyl (C=O) groups excluding carboxylic acids is 3. The van der Waals surface area contributed by atoms with E-state index < -0.39 is 23.3 Å². The molecule has 1 radical (unpaired) electrons. The third-order valence-corrected chi connectivity index (χ3v) is 4.47. The molecule has 1 heterocycles. The molecule has 0 aromatic heterocycles. The topological polar surface area (TPSA) is 151 Å². The number of hydrogen-bond acceptors (Lipinski definition) is 5. The summed E-state index contributed by atoms with van der Waals surface area (Å²) in [5, 5.41) is 14.8. The average Bonchev–Trinajstić information content (AvgIpc) is 2.49. The zero-order valence-corrected chi connectivity index (χ0v) is 14.0. The fourth-order valence-corrected chi connectivity index (χ4v) is 3.19. The van der Waals surface area contributed by atoms with E-state index in [1.54, 1.807) is 0 Å². The summed E-state index contributed by atoms with van der Waals surface area (Å²) < 4.78 is 0. The SMILES string of the molecule is NC(=O)CCC(C(N)=O)N1CC2(CCC(O)CC2)C1=O.S.[B]=N. The molecule has 1 saturated carbocycles. The number of nitrogens with one attached hydrogen (secondary N) is 1. The number of amides is 3. The Morgan fingerprint density at radius 3 is 2.26 bits per heavy atom. The molecule has 0 aromatic rings. The number of likely N-dealkylation sites (tertiary alicyclic amines) is 1. The number of nitrogens with zero attached hydrogens (tertiary/aromatic N) is 1. The van der Waals surface area contributed by atoms with Gasteiger partial charge in [-0.15, -0.1) is 0 Å². The van der Waals surface area contributed by atoms with Crippen LogP contribution in [0.15, 0.2) is 0 Å². The van der Waals surface area contributed by atoms with E-state index in [0.29, 0.717) is 32.2 Å². The van der Waals surface area contributed by atoms with Crippen molar-refractivity contribution in [2.24, 2.45) is 16.9 Å². The summed E-state index contributed by atoms with van der Waals surface area (Å²) in [5.74, 6) is -1.21. The molecule has 23 heavy (non-hydrogen) atoms. The number of β-lactam (4-membered cyclic amide) rings is 1. The summed E-state index contributed by atoms with van der Waals surface area (Å²) in [7, 11) is 3.75. The Morgan fingerprint density at radius 1 is 1.35 bits per heavy atom. The third kappa shape index (κ3) is 4.78. The molecule has 10 heteroatoms. The van der Waals surface area contributed by atoms with Gasteiger partial charge in [0.05, 0.1) is 11.5 Å². The van der Waals surface area contributed by atoms with E-state index in [1.165, 1.54) is 4.90 Å². The zero-order chi connectivity index (χ0) is 16.9. The van der Waals surface area contributed by atoms with Gasteiger partial charge < -0.3 is 21.5 Å². The van der Waals surface area contributed by atoms with Gasteiger partial charge in [0.1, 0.15) is 6.04 Å². The van der Waals surface area contributed by atoms with Gasteiger partial charge in [-0.05, 0) is 32.1 Å². The fourth-order valence-electron chi connectivity index (χ4n) is 3.19. The maximum atomic E-state index is 12.4. The van der Waals surface area contributed by atoms with Gasteiger partial charge >= 0.3 is 13.0 Å². The first kappa shape index (κ1) is 21.6. The molecule has 2 fully saturated rings. The van der Waals surface area contributed by atoms with Crippen LogP contribution >= 0.6 is 13.5 Å². The molecule has 6 N–H and O–H groups in total. The van der Waals surface area contributed by atoms with Crippen LogP contribution in [0.3, 0.4) is 0 Å². The van der Waals surface area contributed by atoms with Gasteiger partial charge in [-0.1, -0.05) is 0 Å². The van der Waals surface area contributed by atoms with Crippen LogP contribution in [0, 0.1) is 10.7 Å². The minimum absolute atomic E-state index is 0. The number of nitrogens with two attached hydrogens (primary N) is 2. The molecule has 1 aliphatic carbocycles. The average molecular weight is 343 g/mol. The normalized spacial score (nSPS) is 27.0. The molecule has 2 rings (SSSR count). The first-order valence-corrected chi connectivity index (χ1v) is 7.21. The Morgan fingerprint density at radius 2 is 1.87 bits per heavy atom. The molecular weight excluding hydrogens is 319 g/mol. The van der Waals surface area contributed by atoms with Crippen molar-refractivity contribution < 1.29 is 19.5 Å². The summed E-state index contributed by atoms with van der Waals surface area (Å²) in [6.45, 7) is 0.477. The third-order valence-electron chi connectivity index (χ3n) is 4.47. The Kier molecular flexibility index (Phi) is 8.47. The zero-order valence-electron chi connectivity index (χ0n) is 13.0. The van der Waals surface area contributed by atoms with Gasteiger partial charge in [0.2, 0.25) is 17.7 Å². The van der Waals surface area contributed by atoms with Gasteiger partial charge in [-0.25, -0.2) is 0 Å². The minimum atomic E-state index is -0.757. The molecule has 1 unspecified atom stereocenters. The standard InChI is InChI=1S/C13H21N3O4.BHN.H2S/c14-10(18)2-1-9(11(15)19)16-7-13(12(16)20)5-3-8(17)4-6-13;1-2;/h8-9,17H,1-7H2,(H2,14,18)(H2,15,19);2H;1H2. The molecule has 1 atom stereocenters. The van der Waals surface area contributed by atoms with E-state index in [9.17, 15) is 19.5 Å². The molecule has 8 nitrogen and oxygen atoms in total. The molecular formula is C13H24BN4O4S. The van der Waals surface area contributed by atoms with Crippen LogP contribution in [0.25, 0.3) is 0 Å². The summed E-state index contributed by atoms with van der Waals surface area (Å²) in [4.78, 5) is 36.1. The Labute approximate surface area is 143 Å². The van der Waals surface area contributed by atoms with Gasteiger partial charge in [0, 0.05) is 13.0 Å². The van der Waals surface area contributed by atoms with Gasteiger partial charge in [-0.3, -0.25) is 14.4 Å². The quantitative estimate of drug-likeness (QED) is 0.370. The van der Waals surface area contributed by atoms with Crippen molar-refractivity contribution in [1.29, 1.82) is 5.31 Å². The van der Waals surface area contributed by atoms with Crippen molar-refractivity contribution in [2.45, 2.75) is 50.7 Å². The van der Waals surface area contributed by atoms with Crippen molar-refractivity contribution >= 4 is 38.9 Å². The van der Waals surface area contributed by atoms with Crippen molar-refractivity contribution in [2.75, 3.05) is 6.54 Å². The van der Waals surface area contributed by atoms with Gasteiger partial charge in [0.15, 0.2) is 0 Å². The van der Waals surface area contributed by atoms with E-state index in [4.69, 9.17) is 16.8 Å². The first-order valence-electron chi connectivity index (χ1n) is 7.21. The number of hydrogen-bond donors (Lipinski definition) is 4. The molecule has 1 spiro atoms. The molecule has 1 saturated heterocycles. The summed E-state index contributed by atoms with van der Waals surface area (Å²) in [5.41, 5.74) is 9.94. The van der Waals surface area contributed by atoms with Crippen molar-refractivity contribution in [3.63, 3.8) is 0 Å². The van der Waals surface area contributed by atoms with E-state index in [2.05, 4.69) is 7.64 Å². The second kappa shape index (κ2) is 9.02. The van der Waals surface area contributed by atoms with Crippen LogP contribution in [0.2, 0.25) is 0 Å². The second-order valence-electron chi connectivity index (χ2n) is 5.87.